The van der Waals surface area contributed by atoms with Gasteiger partial charge in [0.25, 0.3) is 0 Å². The van der Waals surface area contributed by atoms with E-state index in [9.17, 15) is 0 Å². The Morgan fingerprint density at radius 1 is 1.12 bits per heavy atom. The maximum Gasteiger partial charge on any atom is 0.180 e. The highest BCUT2D eigenvalue weighted by Gasteiger charge is 2.09. The molecule has 17 heavy (non-hydrogen) atoms. The van der Waals surface area contributed by atoms with Crippen molar-refractivity contribution in [2.75, 3.05) is 0 Å². The van der Waals surface area contributed by atoms with E-state index in [1.54, 1.807) is 11.8 Å². The Morgan fingerprint density at radius 2 is 1.82 bits per heavy atom. The summed E-state index contributed by atoms with van der Waals surface area (Å²) in [5.74, 6) is 0. The van der Waals surface area contributed by atoms with Crippen LogP contribution in [0.3, 0.4) is 0 Å². The summed E-state index contributed by atoms with van der Waals surface area (Å²) in [6, 6.07) is 8.75. The van der Waals surface area contributed by atoms with Gasteiger partial charge in [0, 0.05) is 11.4 Å². The molecule has 1 heterocycles. The number of aryl methyl sites for hydroxylation is 1. The predicted octanol–water partition coefficient (Wildman–Crippen LogP) is 2.90. The van der Waals surface area contributed by atoms with Crippen molar-refractivity contribution >= 4 is 22.6 Å². The number of amidine groups is 1. The second-order valence-electron chi connectivity index (χ2n) is 4.29. The predicted molar refractivity (Wildman–Crippen MR) is 75.6 cm³/mol. The molecule has 1 aliphatic rings. The summed E-state index contributed by atoms with van der Waals surface area (Å²) in [5.41, 5.74) is 9.81. The van der Waals surface area contributed by atoms with Gasteiger partial charge in [0.15, 0.2) is 5.17 Å². The fourth-order valence-corrected chi connectivity index (χ4v) is 2.27. The molecule has 0 bridgehead atoms. The fourth-order valence-electron chi connectivity index (χ4n) is 1.47. The highest BCUT2D eigenvalue weighted by atomic mass is 32.2. The third kappa shape index (κ3) is 3.27. The lowest BCUT2D eigenvalue weighted by Crippen LogP contribution is -2.37. The van der Waals surface area contributed by atoms with Crippen LogP contribution in [0.15, 0.2) is 34.7 Å². The average Bonchev–Trinajstić information content (AvgIpc) is 2.30. The minimum atomic E-state index is 0.307. The van der Waals surface area contributed by atoms with Crippen LogP contribution in [-0.2, 0) is 0 Å². The van der Waals surface area contributed by atoms with Crippen LogP contribution in [-0.4, -0.2) is 11.2 Å². The molecule has 0 amide bonds. The third-order valence-corrected chi connectivity index (χ3v) is 3.11. The van der Waals surface area contributed by atoms with Gasteiger partial charge in [0.2, 0.25) is 0 Å². The van der Waals surface area contributed by atoms with Crippen molar-refractivity contribution in [1.29, 1.82) is 0 Å². The first-order valence-electron chi connectivity index (χ1n) is 5.69. The number of thioether (sulfide) groups is 1. The number of benzene rings is 1. The van der Waals surface area contributed by atoms with Crippen LogP contribution in [0.25, 0.3) is 5.70 Å². The number of hydrazine groups is 1. The topological polar surface area (TPSA) is 36.4 Å². The Morgan fingerprint density at radius 3 is 2.35 bits per heavy atom. The number of aliphatic imine (C=N–C) groups is 1. The molecule has 1 aliphatic heterocycles. The summed E-state index contributed by atoms with van der Waals surface area (Å²) in [5, 5.41) is 3.00. The van der Waals surface area contributed by atoms with Crippen LogP contribution >= 0.6 is 11.8 Å². The van der Waals surface area contributed by atoms with E-state index in [1.165, 1.54) is 11.1 Å². The molecule has 1 aromatic carbocycles. The number of hydrogen-bond donors (Lipinski definition) is 2. The zero-order valence-electron chi connectivity index (χ0n) is 10.3. The van der Waals surface area contributed by atoms with Crippen LogP contribution in [0.2, 0.25) is 0 Å². The Balaban J connectivity index is 2.11. The molecule has 2 rings (SSSR count). The van der Waals surface area contributed by atoms with Crippen molar-refractivity contribution in [3.05, 3.63) is 40.8 Å². The Bertz CT molecular complexity index is 446. The molecule has 0 saturated heterocycles. The fraction of sp³-hybridized carbons (Fsp3) is 0.308. The van der Waals surface area contributed by atoms with Crippen molar-refractivity contribution in [1.82, 2.24) is 10.9 Å². The molecule has 0 aromatic heterocycles. The molecule has 0 unspecified atom stereocenters. The average molecular weight is 247 g/mol. The summed E-state index contributed by atoms with van der Waals surface area (Å²) in [4.78, 5) is 4.44. The molecule has 0 atom stereocenters. The first-order valence-corrected chi connectivity index (χ1v) is 6.57. The molecule has 0 fully saturated rings. The number of nitrogens with one attached hydrogen (secondary N) is 2. The Labute approximate surface area is 106 Å². The lowest BCUT2D eigenvalue weighted by Gasteiger charge is -2.19. The van der Waals surface area contributed by atoms with Gasteiger partial charge in [0.05, 0.1) is 5.70 Å². The van der Waals surface area contributed by atoms with Gasteiger partial charge in [-0.05, 0) is 26.3 Å². The minimum absolute atomic E-state index is 0.307. The van der Waals surface area contributed by atoms with Gasteiger partial charge < -0.3 is 0 Å². The van der Waals surface area contributed by atoms with E-state index >= 15 is 0 Å². The van der Waals surface area contributed by atoms with Gasteiger partial charge in [0.1, 0.15) is 0 Å². The first kappa shape index (κ1) is 12.0. The first-order chi connectivity index (χ1) is 8.15. The van der Waals surface area contributed by atoms with Crippen molar-refractivity contribution in [3.8, 4) is 0 Å². The highest BCUT2D eigenvalue weighted by Crippen LogP contribution is 2.20. The summed E-state index contributed by atoms with van der Waals surface area (Å²) >= 11 is 1.61. The smallest absolute Gasteiger partial charge is 0.180 e. The molecule has 4 heteroatoms. The molecule has 2 N–H and O–H groups in total. The van der Waals surface area contributed by atoms with Gasteiger partial charge in [-0.2, -0.15) is 0 Å². The van der Waals surface area contributed by atoms with Gasteiger partial charge >= 0.3 is 0 Å². The van der Waals surface area contributed by atoms with E-state index in [-0.39, 0.29) is 0 Å². The number of rotatable bonds is 2. The lowest BCUT2D eigenvalue weighted by atomic mass is 10.1. The molecule has 0 aliphatic carbocycles. The van der Waals surface area contributed by atoms with Gasteiger partial charge in [-0.25, -0.2) is 0 Å². The van der Waals surface area contributed by atoms with Crippen molar-refractivity contribution in [2.24, 2.45) is 4.99 Å². The van der Waals surface area contributed by atoms with Crippen LogP contribution < -0.4 is 10.9 Å². The van der Waals surface area contributed by atoms with Gasteiger partial charge in [-0.15, -0.1) is 0 Å². The van der Waals surface area contributed by atoms with Crippen LogP contribution in [0.4, 0.5) is 0 Å². The van der Waals surface area contributed by atoms with E-state index in [4.69, 9.17) is 0 Å². The number of nitrogens with zero attached hydrogens (tertiary/aromatic N) is 1. The summed E-state index contributed by atoms with van der Waals surface area (Å²) in [7, 11) is 0. The molecule has 0 radical (unpaired) electrons. The minimum Gasteiger partial charge on any atom is -0.298 e. The second kappa shape index (κ2) is 5.27. The number of hydrogen-bond acceptors (Lipinski definition) is 3. The van der Waals surface area contributed by atoms with E-state index in [0.29, 0.717) is 6.04 Å². The molecule has 1 aromatic rings. The maximum absolute atomic E-state index is 4.44. The standard InChI is InChI=1S/C13H17N3S/c1-9(2)14-13-16-15-12(8-17-13)11-6-4-10(3)5-7-11/h4-9,15H,1-3H3,(H,14,16). The van der Waals surface area contributed by atoms with Crippen molar-refractivity contribution < 1.29 is 0 Å². The van der Waals surface area contributed by atoms with Crippen molar-refractivity contribution in [3.63, 3.8) is 0 Å². The normalized spacial score (nSPS) is 17.6. The molecule has 90 valence electrons. The largest absolute Gasteiger partial charge is 0.298 e. The van der Waals surface area contributed by atoms with Gasteiger partial charge in [-0.3, -0.25) is 15.8 Å². The van der Waals surface area contributed by atoms with Gasteiger partial charge in [-0.1, -0.05) is 41.6 Å². The third-order valence-electron chi connectivity index (χ3n) is 2.33. The monoisotopic (exact) mass is 247 g/mol. The van der Waals surface area contributed by atoms with E-state index in [0.717, 1.165) is 10.9 Å². The zero-order chi connectivity index (χ0) is 12.3. The van der Waals surface area contributed by atoms with Crippen LogP contribution in [0, 0.1) is 6.92 Å². The highest BCUT2D eigenvalue weighted by molar-refractivity contribution is 8.16. The summed E-state index contributed by atoms with van der Waals surface area (Å²) in [6.07, 6.45) is 0. The molecule has 0 saturated carbocycles. The van der Waals surface area contributed by atoms with Crippen molar-refractivity contribution in [2.45, 2.75) is 26.8 Å². The second-order valence-corrected chi connectivity index (χ2v) is 5.15. The molecular weight excluding hydrogens is 230 g/mol. The Hall–Kier alpha value is -1.42. The zero-order valence-corrected chi connectivity index (χ0v) is 11.1. The van der Waals surface area contributed by atoms with E-state index in [1.807, 2.05) is 0 Å². The SMILES string of the molecule is Cc1ccc(C2=CSC(=NC(C)C)NN2)cc1. The quantitative estimate of drug-likeness (QED) is 0.843. The van der Waals surface area contributed by atoms with Crippen LogP contribution in [0.5, 0.6) is 0 Å². The van der Waals surface area contributed by atoms with E-state index in [2.05, 4.69) is 66.3 Å². The lowest BCUT2D eigenvalue weighted by molar-refractivity contribution is 0.795. The molecule has 3 nitrogen and oxygen atoms in total. The molecular formula is C13H17N3S. The maximum atomic E-state index is 4.44. The van der Waals surface area contributed by atoms with Crippen LogP contribution in [0.1, 0.15) is 25.0 Å². The van der Waals surface area contributed by atoms with E-state index < -0.39 is 0 Å². The Kier molecular flexibility index (Phi) is 3.74. The summed E-state index contributed by atoms with van der Waals surface area (Å²) < 4.78 is 0. The summed E-state index contributed by atoms with van der Waals surface area (Å²) in [6.45, 7) is 6.22. The molecule has 0 spiro atoms.